The highest BCUT2D eigenvalue weighted by Crippen LogP contribution is 2.13. The first kappa shape index (κ1) is 8.31. The number of rotatable bonds is 2. The van der Waals surface area contributed by atoms with E-state index >= 15 is 0 Å². The summed E-state index contributed by atoms with van der Waals surface area (Å²) in [5.41, 5.74) is 1.26. The average molecular weight is 152 g/mol. The molecule has 0 saturated carbocycles. The summed E-state index contributed by atoms with van der Waals surface area (Å²) in [6.07, 6.45) is 1.94. The van der Waals surface area contributed by atoms with E-state index in [2.05, 4.69) is 37.2 Å². The Morgan fingerprint density at radius 2 is 2.18 bits per heavy atom. The maximum Gasteiger partial charge on any atom is 0.111 e. The lowest BCUT2D eigenvalue weighted by molar-refractivity contribution is 0.640. The van der Waals surface area contributed by atoms with Gasteiger partial charge in [-0.05, 0) is 13.8 Å². The van der Waals surface area contributed by atoms with Gasteiger partial charge in [0.15, 0.2) is 0 Å². The molecule has 0 N–H and O–H groups in total. The van der Waals surface area contributed by atoms with Gasteiger partial charge in [-0.25, -0.2) is 4.98 Å². The summed E-state index contributed by atoms with van der Waals surface area (Å²) >= 11 is 0. The van der Waals surface area contributed by atoms with E-state index in [-0.39, 0.29) is 0 Å². The molecule has 0 fully saturated rings. The fourth-order valence-electron chi connectivity index (χ4n) is 1.35. The average Bonchev–Trinajstić information content (AvgIpc) is 2.30. The normalized spacial score (nSPS) is 11.0. The SMILES string of the molecule is CCn1c(C)cnc1C(C)C. The molecule has 1 aromatic heterocycles. The predicted molar refractivity (Wildman–Crippen MR) is 46.7 cm³/mol. The van der Waals surface area contributed by atoms with E-state index in [1.165, 1.54) is 11.5 Å². The van der Waals surface area contributed by atoms with Gasteiger partial charge in [0.2, 0.25) is 0 Å². The number of aryl methyl sites for hydroxylation is 1. The number of hydrogen-bond acceptors (Lipinski definition) is 1. The molecule has 0 radical (unpaired) electrons. The molecular formula is C9H16N2. The van der Waals surface area contributed by atoms with Crippen molar-refractivity contribution in [3.8, 4) is 0 Å². The van der Waals surface area contributed by atoms with Crippen LogP contribution >= 0.6 is 0 Å². The zero-order valence-electron chi connectivity index (χ0n) is 7.76. The monoisotopic (exact) mass is 152 g/mol. The highest BCUT2D eigenvalue weighted by atomic mass is 15.1. The standard InChI is InChI=1S/C9H16N2/c1-5-11-8(4)6-10-9(11)7(2)3/h6-7H,5H2,1-4H3. The van der Waals surface area contributed by atoms with Gasteiger partial charge in [0, 0.05) is 24.4 Å². The minimum atomic E-state index is 0.531. The third-order valence-electron chi connectivity index (χ3n) is 1.92. The van der Waals surface area contributed by atoms with E-state index < -0.39 is 0 Å². The van der Waals surface area contributed by atoms with Crippen LogP contribution in [0.4, 0.5) is 0 Å². The van der Waals surface area contributed by atoms with Crippen LogP contribution in [0, 0.1) is 6.92 Å². The van der Waals surface area contributed by atoms with Crippen molar-refractivity contribution in [3.63, 3.8) is 0 Å². The van der Waals surface area contributed by atoms with Gasteiger partial charge in [-0.3, -0.25) is 0 Å². The van der Waals surface area contributed by atoms with Gasteiger partial charge in [-0.2, -0.15) is 0 Å². The van der Waals surface area contributed by atoms with E-state index in [4.69, 9.17) is 0 Å². The minimum absolute atomic E-state index is 0.531. The molecule has 0 atom stereocenters. The highest BCUT2D eigenvalue weighted by Gasteiger charge is 2.07. The second kappa shape index (κ2) is 3.07. The zero-order valence-corrected chi connectivity index (χ0v) is 7.76. The molecule has 0 bridgehead atoms. The topological polar surface area (TPSA) is 17.8 Å². The Bertz CT molecular complexity index is 236. The van der Waals surface area contributed by atoms with Crippen molar-refractivity contribution in [1.82, 2.24) is 9.55 Å². The maximum atomic E-state index is 4.35. The fourth-order valence-corrected chi connectivity index (χ4v) is 1.35. The van der Waals surface area contributed by atoms with Crippen molar-refractivity contribution in [2.45, 2.75) is 40.2 Å². The van der Waals surface area contributed by atoms with Gasteiger partial charge >= 0.3 is 0 Å². The molecule has 0 amide bonds. The molecule has 0 unspecified atom stereocenters. The predicted octanol–water partition coefficient (Wildman–Crippen LogP) is 2.33. The third-order valence-corrected chi connectivity index (χ3v) is 1.92. The molecule has 11 heavy (non-hydrogen) atoms. The number of imidazole rings is 1. The van der Waals surface area contributed by atoms with Crippen LogP contribution in [-0.4, -0.2) is 9.55 Å². The maximum absolute atomic E-state index is 4.35. The van der Waals surface area contributed by atoms with Crippen LogP contribution in [0.1, 0.15) is 38.2 Å². The molecule has 2 heteroatoms. The van der Waals surface area contributed by atoms with E-state index in [9.17, 15) is 0 Å². The first-order valence-corrected chi connectivity index (χ1v) is 4.18. The number of nitrogens with zero attached hydrogens (tertiary/aromatic N) is 2. The Kier molecular flexibility index (Phi) is 2.32. The van der Waals surface area contributed by atoms with Gasteiger partial charge in [0.1, 0.15) is 5.82 Å². The molecule has 2 nitrogen and oxygen atoms in total. The summed E-state index contributed by atoms with van der Waals surface area (Å²) in [6.45, 7) is 9.63. The zero-order chi connectivity index (χ0) is 8.43. The summed E-state index contributed by atoms with van der Waals surface area (Å²) in [5.74, 6) is 1.73. The highest BCUT2D eigenvalue weighted by molar-refractivity contribution is 5.06. The molecular weight excluding hydrogens is 136 g/mol. The molecule has 0 aromatic carbocycles. The second-order valence-electron chi connectivity index (χ2n) is 3.16. The van der Waals surface area contributed by atoms with Crippen LogP contribution in [0.2, 0.25) is 0 Å². The van der Waals surface area contributed by atoms with Gasteiger partial charge in [-0.15, -0.1) is 0 Å². The summed E-state index contributed by atoms with van der Waals surface area (Å²) < 4.78 is 2.25. The van der Waals surface area contributed by atoms with Crippen molar-refractivity contribution in [3.05, 3.63) is 17.7 Å². The molecule has 0 aliphatic rings. The molecule has 1 heterocycles. The molecule has 1 aromatic rings. The van der Waals surface area contributed by atoms with E-state index in [1.807, 2.05) is 6.20 Å². The second-order valence-corrected chi connectivity index (χ2v) is 3.16. The summed E-state index contributed by atoms with van der Waals surface area (Å²) in [4.78, 5) is 4.35. The third kappa shape index (κ3) is 1.44. The number of hydrogen-bond donors (Lipinski definition) is 0. The van der Waals surface area contributed by atoms with Crippen LogP contribution < -0.4 is 0 Å². The lowest BCUT2D eigenvalue weighted by Crippen LogP contribution is -2.04. The smallest absolute Gasteiger partial charge is 0.111 e. The van der Waals surface area contributed by atoms with Gasteiger partial charge in [0.25, 0.3) is 0 Å². The molecule has 62 valence electrons. The molecule has 0 spiro atoms. The number of aromatic nitrogens is 2. The first-order chi connectivity index (χ1) is 5.16. The Balaban J connectivity index is 3.05. The van der Waals surface area contributed by atoms with E-state index in [0.717, 1.165) is 6.54 Å². The lowest BCUT2D eigenvalue weighted by Gasteiger charge is -2.08. The van der Waals surface area contributed by atoms with Crippen molar-refractivity contribution in [2.75, 3.05) is 0 Å². The Morgan fingerprint density at radius 1 is 1.55 bits per heavy atom. The van der Waals surface area contributed by atoms with Crippen molar-refractivity contribution < 1.29 is 0 Å². The van der Waals surface area contributed by atoms with Crippen LogP contribution in [-0.2, 0) is 6.54 Å². The van der Waals surface area contributed by atoms with Gasteiger partial charge in [-0.1, -0.05) is 13.8 Å². The van der Waals surface area contributed by atoms with Crippen molar-refractivity contribution in [1.29, 1.82) is 0 Å². The Hall–Kier alpha value is -0.790. The molecule has 0 saturated heterocycles. The molecule has 0 aliphatic heterocycles. The van der Waals surface area contributed by atoms with Gasteiger partial charge in [0.05, 0.1) is 0 Å². The van der Waals surface area contributed by atoms with Crippen LogP contribution in [0.15, 0.2) is 6.20 Å². The van der Waals surface area contributed by atoms with Gasteiger partial charge < -0.3 is 4.57 Å². The first-order valence-electron chi connectivity index (χ1n) is 4.18. The van der Waals surface area contributed by atoms with Crippen LogP contribution in [0.25, 0.3) is 0 Å². The quantitative estimate of drug-likeness (QED) is 0.636. The minimum Gasteiger partial charge on any atom is -0.332 e. The lowest BCUT2D eigenvalue weighted by atomic mass is 10.2. The molecule has 1 rings (SSSR count). The van der Waals surface area contributed by atoms with Crippen molar-refractivity contribution >= 4 is 0 Å². The van der Waals surface area contributed by atoms with E-state index in [1.54, 1.807) is 0 Å². The Morgan fingerprint density at radius 3 is 2.55 bits per heavy atom. The van der Waals surface area contributed by atoms with Crippen molar-refractivity contribution in [2.24, 2.45) is 0 Å². The largest absolute Gasteiger partial charge is 0.332 e. The summed E-state index contributed by atoms with van der Waals surface area (Å²) in [5, 5.41) is 0. The van der Waals surface area contributed by atoms with E-state index in [0.29, 0.717) is 5.92 Å². The van der Waals surface area contributed by atoms with Crippen LogP contribution in [0.5, 0.6) is 0 Å². The molecule has 0 aliphatic carbocycles. The Labute approximate surface area is 68.3 Å². The summed E-state index contributed by atoms with van der Waals surface area (Å²) in [7, 11) is 0. The fraction of sp³-hybridized carbons (Fsp3) is 0.667. The van der Waals surface area contributed by atoms with Crippen LogP contribution in [0.3, 0.4) is 0 Å². The summed E-state index contributed by atoms with van der Waals surface area (Å²) in [6, 6.07) is 0.